The first-order chi connectivity index (χ1) is 11.4. The first kappa shape index (κ1) is 17.4. The Morgan fingerprint density at radius 1 is 1.00 bits per heavy atom. The topological polar surface area (TPSA) is 57.6 Å². The van der Waals surface area contributed by atoms with Crippen molar-refractivity contribution < 1.29 is 13.5 Å². The molecule has 0 unspecified atom stereocenters. The van der Waals surface area contributed by atoms with Gasteiger partial charge in [-0.25, -0.2) is 8.42 Å². The van der Waals surface area contributed by atoms with E-state index in [2.05, 4.69) is 0 Å². The van der Waals surface area contributed by atoms with Crippen molar-refractivity contribution in [3.63, 3.8) is 0 Å². The van der Waals surface area contributed by atoms with Crippen LogP contribution in [0.4, 0.5) is 0 Å². The lowest BCUT2D eigenvalue weighted by Gasteiger charge is -2.30. The molecule has 128 valence electrons. The van der Waals surface area contributed by atoms with E-state index in [-0.39, 0.29) is 11.5 Å². The van der Waals surface area contributed by atoms with Crippen LogP contribution in [0.1, 0.15) is 11.1 Å². The summed E-state index contributed by atoms with van der Waals surface area (Å²) in [5, 5.41) is 10.9. The first-order valence-electron chi connectivity index (χ1n) is 7.84. The molecule has 1 fully saturated rings. The van der Waals surface area contributed by atoms with Gasteiger partial charge < -0.3 is 5.11 Å². The molecule has 0 aliphatic carbocycles. The Kier molecular flexibility index (Phi) is 5.25. The van der Waals surface area contributed by atoms with E-state index in [4.69, 9.17) is 11.6 Å². The lowest BCUT2D eigenvalue weighted by molar-refractivity contribution is 0.0731. The monoisotopic (exact) mass is 365 g/mol. The molecule has 0 aromatic heterocycles. The highest BCUT2D eigenvalue weighted by Crippen LogP contribution is 2.23. The van der Waals surface area contributed by atoms with Crippen molar-refractivity contribution in [2.75, 3.05) is 11.5 Å². The molecule has 2 aromatic rings. The zero-order chi connectivity index (χ0) is 17.2. The third kappa shape index (κ3) is 4.36. The van der Waals surface area contributed by atoms with Crippen LogP contribution < -0.4 is 0 Å². The number of benzene rings is 2. The van der Waals surface area contributed by atoms with Gasteiger partial charge in [-0.05, 0) is 23.3 Å². The average molecular weight is 366 g/mol. The Balaban J connectivity index is 1.86. The molecule has 0 spiro atoms. The van der Waals surface area contributed by atoms with Crippen LogP contribution in [0.5, 0.6) is 0 Å². The second kappa shape index (κ2) is 7.23. The molecular formula is C18H20ClNO3S. The third-order valence-electron chi connectivity index (χ3n) is 4.27. The number of hydrogen-bond acceptors (Lipinski definition) is 4. The summed E-state index contributed by atoms with van der Waals surface area (Å²) in [5.41, 5.74) is 2.07. The summed E-state index contributed by atoms with van der Waals surface area (Å²) in [6, 6.07) is 17.0. The summed E-state index contributed by atoms with van der Waals surface area (Å²) in [6.45, 7) is 1.11. The van der Waals surface area contributed by atoms with Crippen LogP contribution >= 0.6 is 11.6 Å². The van der Waals surface area contributed by atoms with Crippen LogP contribution in [-0.2, 0) is 22.9 Å². The molecular weight excluding hydrogens is 346 g/mol. The molecule has 6 heteroatoms. The minimum atomic E-state index is -3.20. The van der Waals surface area contributed by atoms with Crippen molar-refractivity contribution in [1.29, 1.82) is 0 Å². The molecule has 1 saturated heterocycles. The summed E-state index contributed by atoms with van der Waals surface area (Å²) in [5.74, 6) is -0.180. The molecule has 0 bridgehead atoms. The number of halogens is 1. The van der Waals surface area contributed by atoms with Gasteiger partial charge in [-0.2, -0.15) is 0 Å². The Hall–Kier alpha value is -1.40. The molecule has 2 aromatic carbocycles. The zero-order valence-corrected chi connectivity index (χ0v) is 14.7. The maximum atomic E-state index is 11.9. The van der Waals surface area contributed by atoms with Gasteiger partial charge in [-0.1, -0.05) is 54.1 Å². The van der Waals surface area contributed by atoms with Gasteiger partial charge in [0.1, 0.15) is 0 Å². The highest BCUT2D eigenvalue weighted by Gasteiger charge is 2.39. The molecule has 1 aliphatic rings. The summed E-state index contributed by atoms with van der Waals surface area (Å²) in [7, 11) is -3.20. The van der Waals surface area contributed by atoms with Crippen LogP contribution in [0.3, 0.4) is 0 Å². The predicted molar refractivity (Wildman–Crippen MR) is 95.6 cm³/mol. The minimum absolute atomic E-state index is 0.0123. The van der Waals surface area contributed by atoms with Crippen LogP contribution in [0.15, 0.2) is 54.6 Å². The fourth-order valence-corrected chi connectivity index (χ4v) is 5.18. The number of hydrogen-bond donors (Lipinski definition) is 1. The summed E-state index contributed by atoms with van der Waals surface area (Å²) in [6.07, 6.45) is -0.863. The summed E-state index contributed by atoms with van der Waals surface area (Å²) >= 11 is 6.06. The maximum Gasteiger partial charge on any atom is 0.154 e. The molecule has 0 radical (unpaired) electrons. The largest absolute Gasteiger partial charge is 0.390 e. The highest BCUT2D eigenvalue weighted by molar-refractivity contribution is 7.91. The Morgan fingerprint density at radius 3 is 2.29 bits per heavy atom. The molecule has 4 nitrogen and oxygen atoms in total. The number of nitrogens with zero attached hydrogens (tertiary/aromatic N) is 1. The highest BCUT2D eigenvalue weighted by atomic mass is 35.5. The van der Waals surface area contributed by atoms with Crippen molar-refractivity contribution >= 4 is 21.4 Å². The van der Waals surface area contributed by atoms with Gasteiger partial charge in [0, 0.05) is 18.1 Å². The zero-order valence-electron chi connectivity index (χ0n) is 13.2. The van der Waals surface area contributed by atoms with E-state index in [9.17, 15) is 13.5 Å². The molecule has 1 N–H and O–H groups in total. The van der Waals surface area contributed by atoms with Gasteiger partial charge >= 0.3 is 0 Å². The van der Waals surface area contributed by atoms with E-state index in [0.717, 1.165) is 11.1 Å². The summed E-state index contributed by atoms with van der Waals surface area (Å²) in [4.78, 5) is 2.02. The van der Waals surface area contributed by atoms with E-state index >= 15 is 0 Å². The van der Waals surface area contributed by atoms with E-state index in [1.807, 2.05) is 59.5 Å². The molecule has 2 atom stereocenters. The number of sulfone groups is 1. The minimum Gasteiger partial charge on any atom is -0.390 e. The van der Waals surface area contributed by atoms with Crippen LogP contribution in [-0.4, -0.2) is 42.1 Å². The molecule has 0 amide bonds. The van der Waals surface area contributed by atoms with Crippen molar-refractivity contribution in [3.8, 4) is 0 Å². The third-order valence-corrected chi connectivity index (χ3v) is 6.20. The lowest BCUT2D eigenvalue weighted by Crippen LogP contribution is -2.42. The molecule has 24 heavy (non-hydrogen) atoms. The normalized spacial score (nSPS) is 22.8. The molecule has 1 aliphatic heterocycles. The van der Waals surface area contributed by atoms with Gasteiger partial charge in [0.05, 0.1) is 23.7 Å². The standard InChI is InChI=1S/C18H20ClNO3S/c19-16-8-4-7-15(9-16)11-20(10-14-5-2-1-3-6-14)17-12-24(22,23)13-18(17)21/h1-9,17-18,21H,10-13H2/t17-,18+/m0/s1. The Labute approximate surface area is 147 Å². The molecule has 0 saturated carbocycles. The lowest BCUT2D eigenvalue weighted by atomic mass is 10.1. The van der Waals surface area contributed by atoms with Crippen LogP contribution in [0.25, 0.3) is 0 Å². The summed E-state index contributed by atoms with van der Waals surface area (Å²) < 4.78 is 23.8. The second-order valence-electron chi connectivity index (χ2n) is 6.23. The van der Waals surface area contributed by atoms with Crippen molar-refractivity contribution in [2.24, 2.45) is 0 Å². The van der Waals surface area contributed by atoms with E-state index in [1.165, 1.54) is 0 Å². The smallest absolute Gasteiger partial charge is 0.154 e. The SMILES string of the molecule is O=S1(=O)C[C@@H](O)[C@@H](N(Cc2ccccc2)Cc2cccc(Cl)c2)C1. The Morgan fingerprint density at radius 2 is 1.67 bits per heavy atom. The fraction of sp³-hybridized carbons (Fsp3) is 0.333. The van der Waals surface area contributed by atoms with Crippen molar-refractivity contribution in [1.82, 2.24) is 4.90 Å². The number of rotatable bonds is 5. The van der Waals surface area contributed by atoms with Crippen molar-refractivity contribution in [2.45, 2.75) is 25.2 Å². The maximum absolute atomic E-state index is 11.9. The van der Waals surface area contributed by atoms with Gasteiger partial charge in [-0.15, -0.1) is 0 Å². The molecule has 3 rings (SSSR count). The predicted octanol–water partition coefficient (Wildman–Crippen LogP) is 2.50. The quantitative estimate of drug-likeness (QED) is 0.884. The fourth-order valence-electron chi connectivity index (χ4n) is 3.14. The van der Waals surface area contributed by atoms with Gasteiger partial charge in [0.25, 0.3) is 0 Å². The van der Waals surface area contributed by atoms with Crippen molar-refractivity contribution in [3.05, 3.63) is 70.7 Å². The van der Waals surface area contributed by atoms with Crippen LogP contribution in [0, 0.1) is 0 Å². The van der Waals surface area contributed by atoms with Gasteiger partial charge in [0.2, 0.25) is 0 Å². The molecule has 1 heterocycles. The van der Waals surface area contributed by atoms with E-state index in [1.54, 1.807) is 0 Å². The first-order valence-corrected chi connectivity index (χ1v) is 10.0. The Bertz CT molecular complexity index is 795. The number of aliphatic hydroxyl groups excluding tert-OH is 1. The average Bonchev–Trinajstić information content (AvgIpc) is 2.81. The van der Waals surface area contributed by atoms with E-state index < -0.39 is 22.0 Å². The van der Waals surface area contributed by atoms with Gasteiger partial charge in [0.15, 0.2) is 9.84 Å². The van der Waals surface area contributed by atoms with E-state index in [0.29, 0.717) is 18.1 Å². The second-order valence-corrected chi connectivity index (χ2v) is 8.82. The van der Waals surface area contributed by atoms with Gasteiger partial charge in [-0.3, -0.25) is 4.90 Å². The number of aliphatic hydroxyl groups is 1. The van der Waals surface area contributed by atoms with Crippen LogP contribution in [0.2, 0.25) is 5.02 Å².